The lowest BCUT2D eigenvalue weighted by Gasteiger charge is -2.36. The van der Waals surface area contributed by atoms with Crippen molar-refractivity contribution < 1.29 is 19.1 Å². The molecule has 2 N–H and O–H groups in total. The van der Waals surface area contributed by atoms with Crippen LogP contribution < -0.4 is 20.3 Å². The summed E-state index contributed by atoms with van der Waals surface area (Å²) in [7, 11) is 0. The van der Waals surface area contributed by atoms with E-state index < -0.39 is 23.8 Å². The average molecular weight is 464 g/mol. The standard InChI is InChI=1S/C25H22ClN3O4/c1-2-33-22-10-6-4-8-19(22)27-23(30)15-21-24(31)28-18-7-3-5-9-20(18)29(21)25(32)16-11-13-17(26)14-12-16/h3-14,21H,2,15H2,1H3,(H,27,30)(H,28,31). The van der Waals surface area contributed by atoms with Gasteiger partial charge in [0.1, 0.15) is 11.8 Å². The fourth-order valence-corrected chi connectivity index (χ4v) is 3.81. The van der Waals surface area contributed by atoms with Crippen LogP contribution in [0.2, 0.25) is 5.02 Å². The summed E-state index contributed by atoms with van der Waals surface area (Å²) < 4.78 is 5.55. The van der Waals surface area contributed by atoms with Crippen molar-refractivity contribution in [3.05, 3.63) is 83.4 Å². The molecule has 8 heteroatoms. The van der Waals surface area contributed by atoms with E-state index >= 15 is 0 Å². The van der Waals surface area contributed by atoms with Crippen molar-refractivity contribution in [1.29, 1.82) is 0 Å². The third-order valence-electron chi connectivity index (χ3n) is 5.19. The molecule has 0 bridgehead atoms. The van der Waals surface area contributed by atoms with Gasteiger partial charge in [0, 0.05) is 10.6 Å². The average Bonchev–Trinajstić information content (AvgIpc) is 2.81. The Balaban J connectivity index is 1.64. The Hall–Kier alpha value is -3.84. The van der Waals surface area contributed by atoms with Gasteiger partial charge in [-0.2, -0.15) is 0 Å². The van der Waals surface area contributed by atoms with E-state index in [1.54, 1.807) is 72.8 Å². The number of carbonyl (C=O) groups is 3. The lowest BCUT2D eigenvalue weighted by molar-refractivity contribution is -0.122. The van der Waals surface area contributed by atoms with E-state index in [-0.39, 0.29) is 6.42 Å². The molecule has 3 aromatic rings. The van der Waals surface area contributed by atoms with Crippen molar-refractivity contribution in [3.63, 3.8) is 0 Å². The summed E-state index contributed by atoms with van der Waals surface area (Å²) in [6.45, 7) is 2.29. The molecule has 168 valence electrons. The van der Waals surface area contributed by atoms with Gasteiger partial charge in [-0.15, -0.1) is 0 Å². The molecular formula is C25H22ClN3O4. The molecule has 4 rings (SSSR count). The van der Waals surface area contributed by atoms with Crippen molar-refractivity contribution in [2.45, 2.75) is 19.4 Å². The number of hydrogen-bond donors (Lipinski definition) is 2. The molecule has 0 saturated heterocycles. The molecule has 0 aliphatic carbocycles. The number of fused-ring (bicyclic) bond motifs is 1. The van der Waals surface area contributed by atoms with Gasteiger partial charge in [0.2, 0.25) is 11.8 Å². The van der Waals surface area contributed by atoms with Crippen molar-refractivity contribution >= 4 is 46.4 Å². The predicted octanol–water partition coefficient (Wildman–Crippen LogP) is 4.74. The molecule has 7 nitrogen and oxygen atoms in total. The van der Waals surface area contributed by atoms with Crippen LogP contribution in [0.25, 0.3) is 0 Å². The van der Waals surface area contributed by atoms with Gasteiger partial charge < -0.3 is 15.4 Å². The second-order valence-corrected chi connectivity index (χ2v) is 7.82. The van der Waals surface area contributed by atoms with E-state index in [0.29, 0.717) is 40.0 Å². The topological polar surface area (TPSA) is 87.7 Å². The van der Waals surface area contributed by atoms with Crippen LogP contribution in [-0.2, 0) is 9.59 Å². The number of anilines is 3. The number of nitrogens with one attached hydrogen (secondary N) is 2. The van der Waals surface area contributed by atoms with Gasteiger partial charge >= 0.3 is 0 Å². The van der Waals surface area contributed by atoms with Crippen molar-refractivity contribution in [2.24, 2.45) is 0 Å². The highest BCUT2D eigenvalue weighted by atomic mass is 35.5. The van der Waals surface area contributed by atoms with Crippen LogP contribution in [0.1, 0.15) is 23.7 Å². The molecule has 0 radical (unpaired) electrons. The molecule has 3 aromatic carbocycles. The predicted molar refractivity (Wildman–Crippen MR) is 128 cm³/mol. The Morgan fingerprint density at radius 2 is 1.73 bits per heavy atom. The van der Waals surface area contributed by atoms with Crippen LogP contribution in [0.15, 0.2) is 72.8 Å². The van der Waals surface area contributed by atoms with E-state index in [2.05, 4.69) is 10.6 Å². The smallest absolute Gasteiger partial charge is 0.259 e. The Morgan fingerprint density at radius 3 is 2.48 bits per heavy atom. The lowest BCUT2D eigenvalue weighted by Crippen LogP contribution is -2.52. The zero-order chi connectivity index (χ0) is 23.4. The Kier molecular flexibility index (Phi) is 6.60. The molecule has 0 spiro atoms. The third-order valence-corrected chi connectivity index (χ3v) is 5.44. The zero-order valence-electron chi connectivity index (χ0n) is 17.9. The maximum absolute atomic E-state index is 13.5. The summed E-state index contributed by atoms with van der Waals surface area (Å²) in [6, 6.07) is 19.4. The molecule has 1 aliphatic heterocycles. The first kappa shape index (κ1) is 22.4. The number of carbonyl (C=O) groups excluding carboxylic acids is 3. The Morgan fingerprint density at radius 1 is 1.03 bits per heavy atom. The summed E-state index contributed by atoms with van der Waals surface area (Å²) >= 11 is 5.96. The first-order chi connectivity index (χ1) is 16.0. The zero-order valence-corrected chi connectivity index (χ0v) is 18.6. The largest absolute Gasteiger partial charge is 0.492 e. The van der Waals surface area contributed by atoms with Crippen molar-refractivity contribution in [2.75, 3.05) is 22.1 Å². The molecule has 0 saturated carbocycles. The summed E-state index contributed by atoms with van der Waals surface area (Å²) in [5, 5.41) is 6.09. The minimum atomic E-state index is -1.04. The lowest BCUT2D eigenvalue weighted by atomic mass is 10.0. The number of hydrogen-bond acceptors (Lipinski definition) is 4. The van der Waals surface area contributed by atoms with Gasteiger partial charge in [0.15, 0.2) is 0 Å². The molecule has 0 aromatic heterocycles. The third kappa shape index (κ3) is 4.83. The number of benzene rings is 3. The minimum Gasteiger partial charge on any atom is -0.492 e. The second kappa shape index (κ2) is 9.75. The Bertz CT molecular complexity index is 1200. The van der Waals surface area contributed by atoms with Gasteiger partial charge in [-0.25, -0.2) is 0 Å². The molecule has 0 fully saturated rings. The minimum absolute atomic E-state index is 0.236. The molecule has 1 atom stereocenters. The van der Waals surface area contributed by atoms with Crippen molar-refractivity contribution in [1.82, 2.24) is 0 Å². The van der Waals surface area contributed by atoms with Crippen LogP contribution in [0.4, 0.5) is 17.1 Å². The molecule has 3 amide bonds. The van der Waals surface area contributed by atoms with Crippen LogP contribution in [0, 0.1) is 0 Å². The normalized spacial score (nSPS) is 14.8. The summed E-state index contributed by atoms with van der Waals surface area (Å²) in [4.78, 5) is 40.8. The maximum Gasteiger partial charge on any atom is 0.259 e. The van der Waals surface area contributed by atoms with E-state index in [4.69, 9.17) is 16.3 Å². The fraction of sp³-hybridized carbons (Fsp3) is 0.160. The highest BCUT2D eigenvalue weighted by molar-refractivity contribution is 6.30. The second-order valence-electron chi connectivity index (χ2n) is 7.39. The van der Waals surface area contributed by atoms with Gasteiger partial charge in [-0.05, 0) is 55.5 Å². The molecule has 33 heavy (non-hydrogen) atoms. The van der Waals surface area contributed by atoms with E-state index in [1.807, 2.05) is 6.92 Å². The molecule has 1 heterocycles. The Labute approximate surface area is 196 Å². The SMILES string of the molecule is CCOc1ccccc1NC(=O)CC1C(=O)Nc2ccccc2N1C(=O)c1ccc(Cl)cc1. The van der Waals surface area contributed by atoms with Gasteiger partial charge in [-0.1, -0.05) is 35.9 Å². The molecule has 1 unspecified atom stereocenters. The van der Waals surface area contributed by atoms with Crippen LogP contribution >= 0.6 is 11.6 Å². The summed E-state index contributed by atoms with van der Waals surface area (Å²) in [5.74, 6) is -0.734. The van der Waals surface area contributed by atoms with Crippen LogP contribution in [0.5, 0.6) is 5.75 Å². The van der Waals surface area contributed by atoms with Crippen molar-refractivity contribution in [3.8, 4) is 5.75 Å². The number of rotatable bonds is 6. The van der Waals surface area contributed by atoms with Gasteiger partial charge in [0.25, 0.3) is 5.91 Å². The first-order valence-electron chi connectivity index (χ1n) is 10.5. The monoisotopic (exact) mass is 463 g/mol. The van der Waals surface area contributed by atoms with E-state index in [1.165, 1.54) is 4.90 Å². The summed E-state index contributed by atoms with van der Waals surface area (Å²) in [5.41, 5.74) is 1.88. The fourth-order valence-electron chi connectivity index (χ4n) is 3.69. The quantitative estimate of drug-likeness (QED) is 0.553. The first-order valence-corrected chi connectivity index (χ1v) is 10.9. The number of para-hydroxylation sites is 4. The van der Waals surface area contributed by atoms with Crippen LogP contribution in [0.3, 0.4) is 0 Å². The number of nitrogens with zero attached hydrogens (tertiary/aromatic N) is 1. The summed E-state index contributed by atoms with van der Waals surface area (Å²) in [6.07, 6.45) is -0.236. The van der Waals surface area contributed by atoms with Crippen LogP contribution in [-0.4, -0.2) is 30.4 Å². The van der Waals surface area contributed by atoms with E-state index in [0.717, 1.165) is 0 Å². The van der Waals surface area contributed by atoms with Gasteiger partial charge in [-0.3, -0.25) is 19.3 Å². The van der Waals surface area contributed by atoms with Gasteiger partial charge in [0.05, 0.1) is 30.1 Å². The van der Waals surface area contributed by atoms with E-state index in [9.17, 15) is 14.4 Å². The highest BCUT2D eigenvalue weighted by Crippen LogP contribution is 2.34. The molecular weight excluding hydrogens is 442 g/mol. The molecule has 1 aliphatic rings. The number of ether oxygens (including phenoxy) is 1. The number of amides is 3. The highest BCUT2D eigenvalue weighted by Gasteiger charge is 2.38. The maximum atomic E-state index is 13.5. The number of halogens is 1.